The average Bonchev–Trinajstić information content (AvgIpc) is 2.88. The summed E-state index contributed by atoms with van der Waals surface area (Å²) in [6.45, 7) is 0.732. The predicted octanol–water partition coefficient (Wildman–Crippen LogP) is 2.66. The Hall–Kier alpha value is -2.06. The van der Waals surface area contributed by atoms with Crippen LogP contribution in [-0.2, 0) is 6.54 Å². The van der Waals surface area contributed by atoms with Crippen LogP contribution in [0.5, 0.6) is 5.75 Å². The van der Waals surface area contributed by atoms with Crippen LogP contribution in [0.15, 0.2) is 30.5 Å². The first-order chi connectivity index (χ1) is 8.72. The molecule has 92 valence electrons. The Kier molecular flexibility index (Phi) is 3.80. The number of aromatic nitrogens is 1. The van der Waals surface area contributed by atoms with Gasteiger partial charge < -0.3 is 9.64 Å². The van der Waals surface area contributed by atoms with Crippen molar-refractivity contribution < 1.29 is 4.74 Å². The Balaban J connectivity index is 2.10. The van der Waals surface area contributed by atoms with E-state index in [9.17, 15) is 0 Å². The van der Waals surface area contributed by atoms with Gasteiger partial charge in [0.1, 0.15) is 16.7 Å². The largest absolute Gasteiger partial charge is 0.497 e. The van der Waals surface area contributed by atoms with Gasteiger partial charge in [0.2, 0.25) is 0 Å². The van der Waals surface area contributed by atoms with Gasteiger partial charge in [-0.1, -0.05) is 23.5 Å². The van der Waals surface area contributed by atoms with Gasteiger partial charge in [-0.3, -0.25) is 0 Å². The molecule has 0 aliphatic carbocycles. The van der Waals surface area contributed by atoms with Crippen molar-refractivity contribution in [3.8, 4) is 11.8 Å². The summed E-state index contributed by atoms with van der Waals surface area (Å²) in [4.78, 5) is 6.86. The Labute approximate surface area is 110 Å². The van der Waals surface area contributed by atoms with Crippen LogP contribution >= 0.6 is 11.3 Å². The molecule has 1 aromatic carbocycles. The van der Waals surface area contributed by atoms with Gasteiger partial charge in [-0.15, -0.1) is 0 Å². The van der Waals surface area contributed by atoms with Crippen molar-refractivity contribution in [2.24, 2.45) is 0 Å². The van der Waals surface area contributed by atoms with Gasteiger partial charge in [0.05, 0.1) is 13.3 Å². The first kappa shape index (κ1) is 12.4. The molecular weight excluding hydrogens is 246 g/mol. The molecule has 0 bridgehead atoms. The van der Waals surface area contributed by atoms with E-state index >= 15 is 0 Å². The zero-order valence-corrected chi connectivity index (χ0v) is 11.1. The summed E-state index contributed by atoms with van der Waals surface area (Å²) >= 11 is 1.39. The molecule has 0 N–H and O–H groups in total. The Morgan fingerprint density at radius 1 is 1.50 bits per heavy atom. The number of rotatable bonds is 4. The lowest BCUT2D eigenvalue weighted by molar-refractivity contribution is 0.414. The minimum absolute atomic E-state index is 0.627. The first-order valence-electron chi connectivity index (χ1n) is 5.43. The van der Waals surface area contributed by atoms with Crippen molar-refractivity contribution in [3.63, 3.8) is 0 Å². The van der Waals surface area contributed by atoms with Crippen LogP contribution < -0.4 is 9.64 Å². The van der Waals surface area contributed by atoms with Crippen molar-refractivity contribution in [1.82, 2.24) is 4.98 Å². The third kappa shape index (κ3) is 2.79. The summed E-state index contributed by atoms with van der Waals surface area (Å²) in [7, 11) is 3.61. The van der Waals surface area contributed by atoms with Gasteiger partial charge in [-0.25, -0.2) is 4.98 Å². The zero-order chi connectivity index (χ0) is 13.0. The number of benzene rings is 1. The molecule has 1 heterocycles. The fourth-order valence-corrected chi connectivity index (χ4v) is 2.28. The second-order valence-corrected chi connectivity index (χ2v) is 4.84. The molecule has 0 aliphatic rings. The van der Waals surface area contributed by atoms with Crippen LogP contribution in [0.1, 0.15) is 10.4 Å². The smallest absolute Gasteiger partial charge is 0.186 e. The van der Waals surface area contributed by atoms with Crippen molar-refractivity contribution in [2.75, 3.05) is 19.1 Å². The number of ether oxygens (including phenoxy) is 1. The summed E-state index contributed by atoms with van der Waals surface area (Å²) in [6.07, 6.45) is 1.60. The van der Waals surface area contributed by atoms with E-state index in [1.165, 1.54) is 11.3 Å². The number of hydrogen-bond acceptors (Lipinski definition) is 5. The maximum absolute atomic E-state index is 8.78. The highest BCUT2D eigenvalue weighted by atomic mass is 32.1. The zero-order valence-electron chi connectivity index (χ0n) is 10.3. The van der Waals surface area contributed by atoms with Crippen LogP contribution in [0.2, 0.25) is 0 Å². The number of methoxy groups -OCH3 is 1. The van der Waals surface area contributed by atoms with Crippen LogP contribution in [0.3, 0.4) is 0 Å². The number of nitriles is 1. The lowest BCUT2D eigenvalue weighted by Gasteiger charge is -2.15. The molecule has 0 amide bonds. The second kappa shape index (κ2) is 5.52. The molecule has 0 saturated heterocycles. The van der Waals surface area contributed by atoms with Gasteiger partial charge in [0.15, 0.2) is 5.13 Å². The molecule has 0 spiro atoms. The van der Waals surface area contributed by atoms with Crippen LogP contribution in [-0.4, -0.2) is 19.1 Å². The van der Waals surface area contributed by atoms with E-state index in [1.807, 2.05) is 36.2 Å². The fourth-order valence-electron chi connectivity index (χ4n) is 1.61. The number of anilines is 1. The van der Waals surface area contributed by atoms with Crippen molar-refractivity contribution >= 4 is 16.5 Å². The molecule has 2 aromatic rings. The minimum Gasteiger partial charge on any atom is -0.497 e. The number of hydrogen-bond donors (Lipinski definition) is 0. The van der Waals surface area contributed by atoms with Crippen molar-refractivity contribution in [1.29, 1.82) is 5.26 Å². The molecule has 0 radical (unpaired) electrons. The van der Waals surface area contributed by atoms with Crippen LogP contribution in [0.4, 0.5) is 5.13 Å². The van der Waals surface area contributed by atoms with E-state index in [-0.39, 0.29) is 0 Å². The topological polar surface area (TPSA) is 49.1 Å². The van der Waals surface area contributed by atoms with Gasteiger partial charge in [-0.2, -0.15) is 5.26 Å². The molecule has 0 aliphatic heterocycles. The van der Waals surface area contributed by atoms with Crippen LogP contribution in [0.25, 0.3) is 0 Å². The maximum Gasteiger partial charge on any atom is 0.186 e. The van der Waals surface area contributed by atoms with E-state index in [0.717, 1.165) is 23.0 Å². The Morgan fingerprint density at radius 2 is 2.33 bits per heavy atom. The fraction of sp³-hybridized carbons (Fsp3) is 0.231. The van der Waals surface area contributed by atoms with E-state index in [4.69, 9.17) is 10.00 Å². The molecule has 4 nitrogen and oxygen atoms in total. The van der Waals surface area contributed by atoms with E-state index in [2.05, 4.69) is 11.1 Å². The average molecular weight is 259 g/mol. The number of nitrogens with zero attached hydrogens (tertiary/aromatic N) is 3. The van der Waals surface area contributed by atoms with Gasteiger partial charge in [-0.05, 0) is 17.7 Å². The van der Waals surface area contributed by atoms with Gasteiger partial charge >= 0.3 is 0 Å². The lowest BCUT2D eigenvalue weighted by atomic mass is 10.2. The highest BCUT2D eigenvalue weighted by Crippen LogP contribution is 2.23. The highest BCUT2D eigenvalue weighted by molar-refractivity contribution is 7.16. The summed E-state index contributed by atoms with van der Waals surface area (Å²) in [5.74, 6) is 0.845. The standard InChI is InChI=1S/C13H13N3OS/c1-16(13-15-8-12(7-14)18-13)9-10-4-3-5-11(6-10)17-2/h3-6,8H,9H2,1-2H3. The Bertz CT molecular complexity index is 574. The predicted molar refractivity (Wildman–Crippen MR) is 71.9 cm³/mol. The Morgan fingerprint density at radius 3 is 3.00 bits per heavy atom. The van der Waals surface area contributed by atoms with E-state index in [0.29, 0.717) is 4.88 Å². The molecular formula is C13H13N3OS. The van der Waals surface area contributed by atoms with E-state index in [1.54, 1.807) is 13.3 Å². The second-order valence-electron chi connectivity index (χ2n) is 3.83. The molecule has 1 aromatic heterocycles. The number of thiazole rings is 1. The molecule has 18 heavy (non-hydrogen) atoms. The summed E-state index contributed by atoms with van der Waals surface area (Å²) < 4.78 is 5.19. The molecule has 0 fully saturated rings. The first-order valence-corrected chi connectivity index (χ1v) is 6.24. The van der Waals surface area contributed by atoms with Crippen LogP contribution in [0, 0.1) is 11.3 Å². The normalized spacial score (nSPS) is 9.83. The third-order valence-corrected chi connectivity index (χ3v) is 3.50. The highest BCUT2D eigenvalue weighted by Gasteiger charge is 2.07. The summed E-state index contributed by atoms with van der Waals surface area (Å²) in [6, 6.07) is 10.0. The third-order valence-electron chi connectivity index (χ3n) is 2.48. The molecule has 2 rings (SSSR count). The molecule has 0 saturated carbocycles. The maximum atomic E-state index is 8.78. The SMILES string of the molecule is COc1cccc(CN(C)c2ncc(C#N)s2)c1. The van der Waals surface area contributed by atoms with Crippen molar-refractivity contribution in [2.45, 2.75) is 6.54 Å². The minimum atomic E-state index is 0.627. The van der Waals surface area contributed by atoms with E-state index < -0.39 is 0 Å². The molecule has 0 unspecified atom stereocenters. The lowest BCUT2D eigenvalue weighted by Crippen LogP contribution is -2.15. The van der Waals surface area contributed by atoms with Gasteiger partial charge in [0, 0.05) is 13.6 Å². The quantitative estimate of drug-likeness (QED) is 0.847. The molecule has 5 heteroatoms. The van der Waals surface area contributed by atoms with Crippen molar-refractivity contribution in [3.05, 3.63) is 40.9 Å². The van der Waals surface area contributed by atoms with Gasteiger partial charge in [0.25, 0.3) is 0 Å². The summed E-state index contributed by atoms with van der Waals surface area (Å²) in [5, 5.41) is 9.62. The molecule has 0 atom stereocenters. The summed E-state index contributed by atoms with van der Waals surface area (Å²) in [5.41, 5.74) is 1.14. The monoisotopic (exact) mass is 259 g/mol.